The summed E-state index contributed by atoms with van der Waals surface area (Å²) in [7, 11) is 0. The Hall–Kier alpha value is -5.10. The van der Waals surface area contributed by atoms with Gasteiger partial charge in [0.15, 0.2) is 5.60 Å². The molecular formula is C36H42F3N7O5. The zero-order chi connectivity index (χ0) is 36.8. The maximum absolute atomic E-state index is 14.0. The molecule has 2 amide bonds. The van der Waals surface area contributed by atoms with E-state index in [2.05, 4.69) is 55.6 Å². The molecule has 1 atom stereocenters. The van der Waals surface area contributed by atoms with Crippen LogP contribution in [0.3, 0.4) is 0 Å². The summed E-state index contributed by atoms with van der Waals surface area (Å²) >= 11 is 0. The van der Waals surface area contributed by atoms with Crippen LogP contribution in [0.1, 0.15) is 50.7 Å². The monoisotopic (exact) mass is 709 g/mol. The predicted molar refractivity (Wildman–Crippen MR) is 182 cm³/mol. The first-order chi connectivity index (χ1) is 24.3. The Kier molecular flexibility index (Phi) is 11.5. The van der Waals surface area contributed by atoms with Crippen molar-refractivity contribution in [2.24, 2.45) is 5.92 Å². The number of carboxylic acids is 1. The quantitative estimate of drug-likeness (QED) is 0.290. The van der Waals surface area contributed by atoms with Crippen LogP contribution in [-0.4, -0.2) is 100.0 Å². The maximum Gasteiger partial charge on any atom is 0.490 e. The van der Waals surface area contributed by atoms with E-state index in [9.17, 15) is 28.0 Å². The van der Waals surface area contributed by atoms with Gasteiger partial charge in [0.05, 0.1) is 17.7 Å². The van der Waals surface area contributed by atoms with Crippen LogP contribution in [0.25, 0.3) is 11.1 Å². The molecule has 0 bridgehead atoms. The van der Waals surface area contributed by atoms with Crippen LogP contribution in [0.2, 0.25) is 0 Å². The number of halogens is 3. The number of carboxylic acid groups (broad SMARTS) is 1. The molecule has 15 heteroatoms. The summed E-state index contributed by atoms with van der Waals surface area (Å²) in [5, 5.41) is 27.1. The molecule has 3 aliphatic rings. The number of piperidine rings is 1. The van der Waals surface area contributed by atoms with Gasteiger partial charge >= 0.3 is 12.1 Å². The van der Waals surface area contributed by atoms with E-state index in [4.69, 9.17) is 14.6 Å². The third-order valence-corrected chi connectivity index (χ3v) is 9.16. The highest BCUT2D eigenvalue weighted by Crippen LogP contribution is 2.35. The first-order valence-electron chi connectivity index (χ1n) is 16.9. The highest BCUT2D eigenvalue weighted by Gasteiger charge is 2.39. The summed E-state index contributed by atoms with van der Waals surface area (Å²) in [6.45, 7) is 8.33. The summed E-state index contributed by atoms with van der Waals surface area (Å²) in [5.74, 6) is -2.35. The first kappa shape index (κ1) is 37.2. The SMILES string of the molecule is CC(C)(Oc1cc(N2CCC[C@@H](C(=O)N(Cc3ccc(-c4cn[nH]c4)cc3)C3CC3)C2)ccc1C#N)C(=O)N1CCNCC1.O=C(O)C(F)(F)F. The number of carbonyl (C=O) groups excluding carboxylic acids is 2. The molecule has 2 aromatic carbocycles. The van der Waals surface area contributed by atoms with Crippen LogP contribution in [0.15, 0.2) is 54.9 Å². The average Bonchev–Trinajstić information content (AvgIpc) is 3.82. The lowest BCUT2D eigenvalue weighted by Gasteiger charge is -2.37. The van der Waals surface area contributed by atoms with Crippen molar-refractivity contribution in [1.82, 2.24) is 25.3 Å². The van der Waals surface area contributed by atoms with Crippen LogP contribution in [0.5, 0.6) is 5.75 Å². The van der Waals surface area contributed by atoms with Crippen LogP contribution in [0, 0.1) is 17.2 Å². The minimum Gasteiger partial charge on any atom is -0.477 e. The van der Waals surface area contributed by atoms with Crippen LogP contribution in [0.4, 0.5) is 18.9 Å². The molecule has 2 aliphatic heterocycles. The van der Waals surface area contributed by atoms with Gasteiger partial charge in [-0.1, -0.05) is 24.3 Å². The summed E-state index contributed by atoms with van der Waals surface area (Å²) in [5.41, 5.74) is 3.42. The van der Waals surface area contributed by atoms with Crippen molar-refractivity contribution < 1.29 is 37.4 Å². The van der Waals surface area contributed by atoms with Gasteiger partial charge in [-0.25, -0.2) is 4.79 Å². The number of hydrogen-bond donors (Lipinski definition) is 3. The Balaban J connectivity index is 0.000000654. The number of carbonyl (C=O) groups is 3. The number of anilines is 1. The van der Waals surface area contributed by atoms with Gasteiger partial charge in [-0.05, 0) is 62.8 Å². The Morgan fingerprint density at radius 3 is 2.31 bits per heavy atom. The fourth-order valence-electron chi connectivity index (χ4n) is 6.28. The third kappa shape index (κ3) is 9.57. The molecule has 2 saturated heterocycles. The number of rotatable bonds is 9. The number of aliphatic carboxylic acids is 1. The Morgan fingerprint density at radius 1 is 1.04 bits per heavy atom. The second kappa shape index (κ2) is 15.8. The van der Waals surface area contributed by atoms with Gasteiger partial charge in [-0.2, -0.15) is 23.5 Å². The van der Waals surface area contributed by atoms with Gasteiger partial charge in [0.1, 0.15) is 11.8 Å². The number of alkyl halides is 3. The number of amides is 2. The zero-order valence-corrected chi connectivity index (χ0v) is 28.6. The zero-order valence-electron chi connectivity index (χ0n) is 28.6. The van der Waals surface area contributed by atoms with Crippen molar-refractivity contribution >= 4 is 23.5 Å². The van der Waals surface area contributed by atoms with Gasteiger partial charge < -0.3 is 29.9 Å². The molecule has 3 heterocycles. The highest BCUT2D eigenvalue weighted by atomic mass is 19.4. The summed E-state index contributed by atoms with van der Waals surface area (Å²) < 4.78 is 38.0. The lowest BCUT2D eigenvalue weighted by molar-refractivity contribution is -0.192. The number of H-pyrrole nitrogens is 1. The Morgan fingerprint density at radius 2 is 1.73 bits per heavy atom. The fourth-order valence-corrected chi connectivity index (χ4v) is 6.28. The van der Waals surface area contributed by atoms with E-state index < -0.39 is 17.7 Å². The summed E-state index contributed by atoms with van der Waals surface area (Å²) in [6, 6.07) is 16.4. The molecule has 6 rings (SSSR count). The van der Waals surface area contributed by atoms with Crippen molar-refractivity contribution in [3.63, 3.8) is 0 Å². The van der Waals surface area contributed by atoms with Gasteiger partial charge in [0.25, 0.3) is 5.91 Å². The average molecular weight is 710 g/mol. The molecule has 0 radical (unpaired) electrons. The number of nitrogens with one attached hydrogen (secondary N) is 2. The van der Waals surface area contributed by atoms with Gasteiger partial charge in [-0.3, -0.25) is 14.7 Å². The lowest BCUT2D eigenvalue weighted by Crippen LogP contribution is -2.54. The number of ether oxygens (including phenoxy) is 1. The molecule has 0 spiro atoms. The minimum absolute atomic E-state index is 0.0896. The Bertz CT molecular complexity index is 1710. The first-order valence-corrected chi connectivity index (χ1v) is 16.9. The van der Waals surface area contributed by atoms with Crippen molar-refractivity contribution in [3.05, 3.63) is 66.0 Å². The lowest BCUT2D eigenvalue weighted by atomic mass is 9.95. The molecular weight excluding hydrogens is 667 g/mol. The molecule has 3 N–H and O–H groups in total. The molecule has 1 aromatic heterocycles. The number of aromatic amines is 1. The standard InChI is InChI=1S/C34H41N7O3.C2HF3O2/c1-34(2,33(43)39-16-13-36-14-17-39)44-31-18-30(10-9-26(31)19-35)40-15-3-4-27(23-40)32(42)41(29-11-12-29)22-24-5-7-25(8-6-24)28-20-37-38-21-28;3-2(4,5)1(6)7/h5-10,18,20-21,27,29,36H,3-4,11-17,22-23H2,1-2H3,(H,37,38);(H,6,7)/t27-;/m1./s1. The topological polar surface area (TPSA) is 155 Å². The van der Waals surface area contributed by atoms with E-state index in [1.807, 2.05) is 23.2 Å². The van der Waals surface area contributed by atoms with Gasteiger partial charge in [-0.15, -0.1) is 0 Å². The van der Waals surface area contributed by atoms with Crippen molar-refractivity contribution in [2.75, 3.05) is 44.2 Å². The molecule has 1 saturated carbocycles. The number of aromatic nitrogens is 2. The molecule has 3 aromatic rings. The largest absolute Gasteiger partial charge is 0.490 e. The number of piperazine rings is 1. The van der Waals surface area contributed by atoms with Crippen LogP contribution < -0.4 is 15.0 Å². The van der Waals surface area contributed by atoms with E-state index in [0.717, 1.165) is 67.7 Å². The molecule has 12 nitrogen and oxygen atoms in total. The number of nitrogens with zero attached hydrogens (tertiary/aromatic N) is 5. The van der Waals surface area contributed by atoms with Crippen molar-refractivity contribution in [2.45, 2.75) is 63.9 Å². The van der Waals surface area contributed by atoms with E-state index >= 15 is 0 Å². The summed E-state index contributed by atoms with van der Waals surface area (Å²) in [4.78, 5) is 42.3. The fraction of sp³-hybridized carbons (Fsp3) is 0.472. The maximum atomic E-state index is 14.0. The molecule has 51 heavy (non-hydrogen) atoms. The second-order valence-corrected chi connectivity index (χ2v) is 13.4. The molecule has 3 fully saturated rings. The molecule has 272 valence electrons. The van der Waals surface area contributed by atoms with E-state index in [1.54, 1.807) is 26.1 Å². The normalized spacial score (nSPS) is 17.8. The van der Waals surface area contributed by atoms with E-state index in [1.165, 1.54) is 0 Å². The van der Waals surface area contributed by atoms with E-state index in [-0.39, 0.29) is 17.7 Å². The van der Waals surface area contributed by atoms with E-state index in [0.29, 0.717) is 43.5 Å². The number of benzene rings is 2. The second-order valence-electron chi connectivity index (χ2n) is 13.4. The van der Waals surface area contributed by atoms with Crippen LogP contribution >= 0.6 is 0 Å². The predicted octanol–water partition coefficient (Wildman–Crippen LogP) is 4.58. The molecule has 0 unspecified atom stereocenters. The van der Waals surface area contributed by atoms with Gasteiger partial charge in [0.2, 0.25) is 5.91 Å². The highest BCUT2D eigenvalue weighted by molar-refractivity contribution is 5.85. The molecule has 1 aliphatic carbocycles. The van der Waals surface area contributed by atoms with Crippen molar-refractivity contribution in [1.29, 1.82) is 5.26 Å². The smallest absolute Gasteiger partial charge is 0.477 e. The third-order valence-electron chi connectivity index (χ3n) is 9.16. The van der Waals surface area contributed by atoms with Gasteiger partial charge in [0, 0.05) is 75.4 Å². The minimum atomic E-state index is -5.08. The van der Waals surface area contributed by atoms with Crippen LogP contribution in [-0.2, 0) is 20.9 Å². The number of hydrogen-bond acceptors (Lipinski definition) is 8. The number of nitriles is 1. The summed E-state index contributed by atoms with van der Waals surface area (Å²) in [6.07, 6.45) is 2.45. The van der Waals surface area contributed by atoms with Crippen molar-refractivity contribution in [3.8, 4) is 22.9 Å². The Labute approximate surface area is 294 Å².